The van der Waals surface area contributed by atoms with Gasteiger partial charge >= 0.3 is 5.51 Å². The zero-order valence-electron chi connectivity index (χ0n) is 13.6. The van der Waals surface area contributed by atoms with Crippen LogP contribution in [0.4, 0.5) is 13.2 Å². The zero-order valence-corrected chi connectivity index (χ0v) is 14.4. The second-order valence-corrected chi connectivity index (χ2v) is 6.95. The Bertz CT molecular complexity index is 1390. The van der Waals surface area contributed by atoms with Crippen LogP contribution in [0.15, 0.2) is 65.5 Å². The Morgan fingerprint density at radius 2 is 1.48 bits per heavy atom. The lowest BCUT2D eigenvalue weighted by molar-refractivity contribution is -0.0369. The van der Waals surface area contributed by atoms with E-state index in [2.05, 4.69) is 0 Å². The van der Waals surface area contributed by atoms with E-state index in [-0.39, 0.29) is 11.3 Å². The molecular weight excluding hydrogens is 375 g/mol. The average Bonchev–Trinajstić information content (AvgIpc) is 2.99. The number of alkyl halides is 3. The van der Waals surface area contributed by atoms with Gasteiger partial charge in [-0.25, -0.2) is 0 Å². The molecule has 0 atom stereocenters. The highest BCUT2D eigenvalue weighted by Gasteiger charge is 2.32. The maximum atomic E-state index is 13.1. The molecule has 5 rings (SSSR count). The SMILES string of the molecule is O=c1c2ccccc2c2c(OSC(F)(F)F)ccc3c4ccccc4n1c32. The summed E-state index contributed by atoms with van der Waals surface area (Å²) in [5.74, 6) is 0.0776. The normalized spacial score (nSPS) is 12.6. The van der Waals surface area contributed by atoms with Crippen molar-refractivity contribution in [2.75, 3.05) is 0 Å². The van der Waals surface area contributed by atoms with Crippen LogP contribution < -0.4 is 9.74 Å². The molecule has 0 unspecified atom stereocenters. The summed E-state index contributed by atoms with van der Waals surface area (Å²) in [5.41, 5.74) is -3.45. The lowest BCUT2D eigenvalue weighted by Gasteiger charge is -2.12. The van der Waals surface area contributed by atoms with Crippen LogP contribution in [0.1, 0.15) is 0 Å². The molecule has 2 heterocycles. The summed E-state index contributed by atoms with van der Waals surface area (Å²) in [6.07, 6.45) is 0. The fourth-order valence-corrected chi connectivity index (χ4v) is 4.00. The molecule has 0 fully saturated rings. The van der Waals surface area contributed by atoms with E-state index in [1.165, 1.54) is 6.07 Å². The third-order valence-electron chi connectivity index (χ3n) is 4.65. The average molecular weight is 385 g/mol. The summed E-state index contributed by atoms with van der Waals surface area (Å²) < 4.78 is 44.7. The van der Waals surface area contributed by atoms with Gasteiger partial charge in [-0.2, -0.15) is 13.2 Å². The molecule has 0 radical (unpaired) electrons. The highest BCUT2D eigenvalue weighted by atomic mass is 32.2. The van der Waals surface area contributed by atoms with Crippen molar-refractivity contribution in [2.24, 2.45) is 0 Å². The van der Waals surface area contributed by atoms with E-state index in [0.717, 1.165) is 10.8 Å². The lowest BCUT2D eigenvalue weighted by Crippen LogP contribution is -2.13. The number of halogens is 3. The molecule has 5 aromatic rings. The molecule has 3 nitrogen and oxygen atoms in total. The van der Waals surface area contributed by atoms with Crippen molar-refractivity contribution in [1.82, 2.24) is 4.40 Å². The number of aromatic nitrogens is 1. The van der Waals surface area contributed by atoms with Crippen molar-refractivity contribution in [3.05, 3.63) is 71.0 Å². The molecule has 0 N–H and O–H groups in total. The van der Waals surface area contributed by atoms with Gasteiger partial charge < -0.3 is 4.18 Å². The fourth-order valence-electron chi connectivity index (χ4n) is 3.68. The van der Waals surface area contributed by atoms with Crippen molar-refractivity contribution in [2.45, 2.75) is 5.51 Å². The lowest BCUT2D eigenvalue weighted by atomic mass is 10.0. The number of pyridine rings is 1. The van der Waals surface area contributed by atoms with Crippen LogP contribution in [0.25, 0.3) is 38.0 Å². The molecule has 0 spiro atoms. The topological polar surface area (TPSA) is 30.7 Å². The second-order valence-electron chi connectivity index (χ2n) is 6.15. The van der Waals surface area contributed by atoms with E-state index < -0.39 is 17.6 Å². The molecule has 0 amide bonds. The predicted octanol–water partition coefficient (Wildman–Crippen LogP) is 5.74. The molecule has 134 valence electrons. The van der Waals surface area contributed by atoms with Gasteiger partial charge in [-0.1, -0.05) is 36.4 Å². The summed E-state index contributed by atoms with van der Waals surface area (Å²) in [5, 5.41) is 3.16. The van der Waals surface area contributed by atoms with Crippen molar-refractivity contribution < 1.29 is 17.4 Å². The monoisotopic (exact) mass is 385 g/mol. The summed E-state index contributed by atoms with van der Waals surface area (Å²) in [4.78, 5) is 13.1. The molecule has 7 heteroatoms. The minimum absolute atomic E-state index is 0.0776. The van der Waals surface area contributed by atoms with Crippen LogP contribution in [0.2, 0.25) is 0 Å². The smallest absolute Gasteiger partial charge is 0.416 e. The molecule has 0 aliphatic heterocycles. The number of hydrogen-bond acceptors (Lipinski definition) is 3. The molecule has 0 bridgehead atoms. The summed E-state index contributed by atoms with van der Waals surface area (Å²) in [6.45, 7) is 0. The van der Waals surface area contributed by atoms with Crippen LogP contribution in [0.5, 0.6) is 5.75 Å². The maximum Gasteiger partial charge on any atom is 0.479 e. The molecule has 0 saturated carbocycles. The molecular formula is C20H10F3NO2S. The van der Waals surface area contributed by atoms with Crippen LogP contribution in [0, 0.1) is 0 Å². The van der Waals surface area contributed by atoms with Gasteiger partial charge in [0.15, 0.2) is 12.0 Å². The van der Waals surface area contributed by atoms with Crippen molar-refractivity contribution >= 4 is 50.0 Å². The van der Waals surface area contributed by atoms with E-state index in [1.807, 2.05) is 24.3 Å². The van der Waals surface area contributed by atoms with Gasteiger partial charge in [0.25, 0.3) is 5.56 Å². The fraction of sp³-hybridized carbons (Fsp3) is 0.0500. The van der Waals surface area contributed by atoms with E-state index in [1.54, 1.807) is 34.7 Å². The number of nitrogens with zero attached hydrogens (tertiary/aromatic N) is 1. The number of benzene rings is 3. The highest BCUT2D eigenvalue weighted by Crippen LogP contribution is 2.42. The third kappa shape index (κ3) is 2.35. The first-order chi connectivity index (χ1) is 13.0. The molecule has 3 aromatic carbocycles. The summed E-state index contributed by atoms with van der Waals surface area (Å²) in [7, 11) is 0. The number of fused-ring (bicyclic) bond motifs is 5. The van der Waals surface area contributed by atoms with Crippen LogP contribution >= 0.6 is 12.0 Å². The summed E-state index contributed by atoms with van der Waals surface area (Å²) in [6, 6.07) is 17.5. The Morgan fingerprint density at radius 1 is 0.815 bits per heavy atom. The maximum absolute atomic E-state index is 13.1. The Kier molecular flexibility index (Phi) is 3.33. The van der Waals surface area contributed by atoms with Crippen LogP contribution in [-0.2, 0) is 0 Å². The van der Waals surface area contributed by atoms with Gasteiger partial charge in [-0.15, -0.1) is 0 Å². The predicted molar refractivity (Wildman–Crippen MR) is 102 cm³/mol. The van der Waals surface area contributed by atoms with Crippen molar-refractivity contribution in [3.63, 3.8) is 0 Å². The quantitative estimate of drug-likeness (QED) is 0.287. The van der Waals surface area contributed by atoms with Crippen molar-refractivity contribution in [1.29, 1.82) is 0 Å². The van der Waals surface area contributed by atoms with Gasteiger partial charge in [0.05, 0.1) is 16.4 Å². The van der Waals surface area contributed by atoms with Crippen LogP contribution in [-0.4, -0.2) is 9.91 Å². The van der Waals surface area contributed by atoms with Gasteiger partial charge in [0, 0.05) is 21.5 Å². The van der Waals surface area contributed by atoms with E-state index in [4.69, 9.17) is 4.18 Å². The summed E-state index contributed by atoms with van der Waals surface area (Å²) >= 11 is -0.557. The molecule has 27 heavy (non-hydrogen) atoms. The second kappa shape index (κ2) is 5.53. The molecule has 0 aliphatic rings. The standard InChI is InChI=1S/C20H10F3NO2S/c21-20(22,23)27-26-16-10-9-13-11-5-3-4-8-15(11)24-18(13)17(16)12-6-1-2-7-14(12)19(24)25/h1-10H. The first-order valence-corrected chi connectivity index (χ1v) is 8.82. The Hall–Kier alpha value is -2.93. The molecule has 2 aromatic heterocycles. The first-order valence-electron chi connectivity index (χ1n) is 8.08. The van der Waals surface area contributed by atoms with Gasteiger partial charge in [-0.3, -0.25) is 9.20 Å². The minimum Gasteiger partial charge on any atom is -0.416 e. The minimum atomic E-state index is -4.53. The Morgan fingerprint density at radius 3 is 2.22 bits per heavy atom. The van der Waals surface area contributed by atoms with Gasteiger partial charge in [-0.05, 0) is 24.3 Å². The van der Waals surface area contributed by atoms with Crippen molar-refractivity contribution in [3.8, 4) is 5.75 Å². The molecule has 0 aliphatic carbocycles. The molecule has 0 saturated heterocycles. The van der Waals surface area contributed by atoms with E-state index >= 15 is 0 Å². The van der Waals surface area contributed by atoms with Gasteiger partial charge in [0.2, 0.25) is 0 Å². The first kappa shape index (κ1) is 16.3. The number of rotatable bonds is 2. The van der Waals surface area contributed by atoms with Gasteiger partial charge in [0.1, 0.15) is 5.75 Å². The van der Waals surface area contributed by atoms with Crippen LogP contribution in [0.3, 0.4) is 0 Å². The Labute approximate surface area is 154 Å². The zero-order chi connectivity index (χ0) is 18.8. The van der Waals surface area contributed by atoms with E-state index in [0.29, 0.717) is 27.2 Å². The largest absolute Gasteiger partial charge is 0.479 e. The third-order valence-corrected chi connectivity index (χ3v) is 5.11. The number of para-hydroxylation sites is 1. The highest BCUT2D eigenvalue weighted by molar-refractivity contribution is 7.95. The van der Waals surface area contributed by atoms with E-state index in [9.17, 15) is 18.0 Å². The Balaban J connectivity index is 2.01. The number of hydrogen-bond donors (Lipinski definition) is 0.